The molecule has 3 aliphatic rings. The lowest BCUT2D eigenvalue weighted by Gasteiger charge is -2.34. The Morgan fingerprint density at radius 3 is 1.06 bits per heavy atom. The molecule has 0 aliphatic heterocycles. The molecule has 15 rings (SSSR count). The van der Waals surface area contributed by atoms with Gasteiger partial charge in [-0.25, -0.2) is 0 Å². The third-order valence-corrected chi connectivity index (χ3v) is 18.3. The average Bonchev–Trinajstić information content (AvgIpc) is 1.82. The second-order valence-electron chi connectivity index (χ2n) is 22.8. The Morgan fingerprint density at radius 1 is 0.256 bits per heavy atom. The molecule has 392 valence electrons. The van der Waals surface area contributed by atoms with Crippen LogP contribution in [-0.2, 0) is 23.7 Å². The zero-order valence-electron chi connectivity index (χ0n) is 46.9. The van der Waals surface area contributed by atoms with E-state index in [1.807, 2.05) is 0 Å². The van der Waals surface area contributed by atoms with Gasteiger partial charge in [-0.3, -0.25) is 0 Å². The lowest BCUT2D eigenvalue weighted by molar-refractivity contribution is 0.660. The summed E-state index contributed by atoms with van der Waals surface area (Å²) in [7, 11) is 0. The van der Waals surface area contributed by atoms with Crippen LogP contribution in [0.15, 0.2) is 279 Å². The van der Waals surface area contributed by atoms with Crippen LogP contribution in [0.5, 0.6) is 0 Å². The maximum atomic E-state index is 2.58. The fraction of sp³-hybridized carbons (Fsp3) is 0.100. The van der Waals surface area contributed by atoms with Crippen molar-refractivity contribution in [3.05, 3.63) is 324 Å². The summed E-state index contributed by atoms with van der Waals surface area (Å²) in [5.41, 5.74) is 31.6. The molecular formula is C80H62N2. The SMILES string of the molecule is CCc1ccccc1-c1c(CC)cccc1N(c1ccc(-c2ccccc2)cc1)c1cccc2c1-c1ccccc1C21c2ccccc2-c2c(N(c3ccc(-c4ccccc4)cc3)c3cccc4c3-c3ccccc3C4(C)C)cccc21. The summed E-state index contributed by atoms with van der Waals surface area (Å²) in [6.45, 7) is 9.35. The average molecular weight is 1050 g/mol. The van der Waals surface area contributed by atoms with Crippen LogP contribution in [0.25, 0.3) is 66.8 Å². The van der Waals surface area contributed by atoms with Crippen molar-refractivity contribution in [1.29, 1.82) is 0 Å². The minimum atomic E-state index is -0.647. The third-order valence-electron chi connectivity index (χ3n) is 18.3. The van der Waals surface area contributed by atoms with Gasteiger partial charge in [-0.15, -0.1) is 0 Å². The largest absolute Gasteiger partial charge is 0.309 e. The Balaban J connectivity index is 0.997. The van der Waals surface area contributed by atoms with Crippen molar-refractivity contribution in [3.8, 4) is 66.8 Å². The van der Waals surface area contributed by atoms with E-state index in [1.54, 1.807) is 0 Å². The summed E-state index contributed by atoms with van der Waals surface area (Å²) in [6, 6.07) is 105. The molecule has 82 heavy (non-hydrogen) atoms. The molecule has 3 aliphatic carbocycles. The van der Waals surface area contributed by atoms with Gasteiger partial charge in [0.15, 0.2) is 0 Å². The van der Waals surface area contributed by atoms with Gasteiger partial charge in [0.05, 0.1) is 28.2 Å². The summed E-state index contributed by atoms with van der Waals surface area (Å²) in [5.74, 6) is 0. The zero-order chi connectivity index (χ0) is 55.1. The first-order chi connectivity index (χ1) is 40.4. The van der Waals surface area contributed by atoms with Gasteiger partial charge in [-0.1, -0.05) is 258 Å². The van der Waals surface area contributed by atoms with Crippen molar-refractivity contribution in [2.75, 3.05) is 9.80 Å². The van der Waals surface area contributed by atoms with Crippen LogP contribution in [0.1, 0.15) is 72.2 Å². The molecule has 0 N–H and O–H groups in total. The van der Waals surface area contributed by atoms with Gasteiger partial charge in [0.1, 0.15) is 0 Å². The summed E-state index contributed by atoms with van der Waals surface area (Å²) in [5, 5.41) is 0. The first-order valence-corrected chi connectivity index (χ1v) is 29.2. The van der Waals surface area contributed by atoms with Crippen molar-refractivity contribution in [1.82, 2.24) is 0 Å². The molecule has 12 aromatic carbocycles. The maximum absolute atomic E-state index is 2.58. The highest BCUT2D eigenvalue weighted by atomic mass is 15.2. The van der Waals surface area contributed by atoms with Crippen LogP contribution in [0.4, 0.5) is 34.1 Å². The normalized spacial score (nSPS) is 14.6. The summed E-state index contributed by atoms with van der Waals surface area (Å²) in [6.07, 6.45) is 1.84. The lowest BCUT2D eigenvalue weighted by atomic mass is 9.70. The number of aryl methyl sites for hydroxylation is 2. The molecule has 0 aromatic heterocycles. The Hall–Kier alpha value is -9.76. The molecule has 12 aromatic rings. The molecule has 2 nitrogen and oxygen atoms in total. The zero-order valence-corrected chi connectivity index (χ0v) is 46.9. The van der Waals surface area contributed by atoms with Crippen LogP contribution < -0.4 is 9.80 Å². The van der Waals surface area contributed by atoms with E-state index in [9.17, 15) is 0 Å². The number of anilines is 6. The second-order valence-corrected chi connectivity index (χ2v) is 22.8. The number of fused-ring (bicyclic) bond motifs is 13. The Bertz CT molecular complexity index is 4440. The summed E-state index contributed by atoms with van der Waals surface area (Å²) in [4.78, 5) is 5.16. The van der Waals surface area contributed by atoms with E-state index < -0.39 is 5.41 Å². The van der Waals surface area contributed by atoms with Crippen molar-refractivity contribution in [3.63, 3.8) is 0 Å². The van der Waals surface area contributed by atoms with E-state index in [2.05, 4.69) is 317 Å². The van der Waals surface area contributed by atoms with E-state index in [4.69, 9.17) is 0 Å². The van der Waals surface area contributed by atoms with Gasteiger partial charge in [0, 0.05) is 39.0 Å². The number of rotatable bonds is 11. The number of benzene rings is 12. The van der Waals surface area contributed by atoms with Crippen LogP contribution >= 0.6 is 0 Å². The first kappa shape index (κ1) is 49.3. The number of nitrogens with zero attached hydrogens (tertiary/aromatic N) is 2. The van der Waals surface area contributed by atoms with E-state index in [0.29, 0.717) is 0 Å². The summed E-state index contributed by atoms with van der Waals surface area (Å²) >= 11 is 0. The smallest absolute Gasteiger partial charge is 0.0727 e. The minimum Gasteiger partial charge on any atom is -0.309 e. The number of hydrogen-bond donors (Lipinski definition) is 0. The highest BCUT2D eigenvalue weighted by Gasteiger charge is 2.53. The van der Waals surface area contributed by atoms with Crippen molar-refractivity contribution < 1.29 is 0 Å². The molecule has 1 atom stereocenters. The van der Waals surface area contributed by atoms with E-state index in [1.165, 1.54) is 123 Å². The summed E-state index contributed by atoms with van der Waals surface area (Å²) < 4.78 is 0. The van der Waals surface area contributed by atoms with E-state index in [0.717, 1.165) is 35.6 Å². The van der Waals surface area contributed by atoms with Gasteiger partial charge in [-0.2, -0.15) is 0 Å². The quantitative estimate of drug-likeness (QED) is 0.127. The van der Waals surface area contributed by atoms with Crippen LogP contribution in [0.3, 0.4) is 0 Å². The molecule has 0 saturated carbocycles. The first-order valence-electron chi connectivity index (χ1n) is 29.2. The Morgan fingerprint density at radius 2 is 0.585 bits per heavy atom. The van der Waals surface area contributed by atoms with Gasteiger partial charge in [0.2, 0.25) is 0 Å². The monoisotopic (exact) mass is 1050 g/mol. The standard InChI is InChI=1S/C80H62N2/c1-5-53-25-13-14-31-61(53)75-54(6-2)30-21-41-71(75)81(59-49-45-57(46-50-59)55-26-9-7-10-27-55)73-43-23-39-69-77(73)63-33-16-19-36-66(63)80(69)67-37-20-17-34-64(67)78-70(80)40-24-44-74(78)82(60-51-47-58(48-52-60)56-28-11-8-12-29-56)72-42-22-38-68-76(72)62-32-15-18-35-65(62)79(68,3)4/h7-52H,5-6H2,1-4H3. The topological polar surface area (TPSA) is 6.48 Å². The molecule has 0 fully saturated rings. The molecule has 0 radical (unpaired) electrons. The molecule has 0 heterocycles. The second kappa shape index (κ2) is 19.5. The van der Waals surface area contributed by atoms with Gasteiger partial charge < -0.3 is 9.80 Å². The highest BCUT2D eigenvalue weighted by molar-refractivity contribution is 6.06. The predicted octanol–water partition coefficient (Wildman–Crippen LogP) is 21.4. The molecule has 0 amide bonds. The van der Waals surface area contributed by atoms with Crippen LogP contribution in [0, 0.1) is 0 Å². The van der Waals surface area contributed by atoms with Crippen molar-refractivity contribution >= 4 is 34.1 Å². The fourth-order valence-corrected chi connectivity index (χ4v) is 14.6. The fourth-order valence-electron chi connectivity index (χ4n) is 14.6. The molecule has 1 spiro atoms. The third kappa shape index (κ3) is 7.34. The van der Waals surface area contributed by atoms with Crippen LogP contribution in [-0.4, -0.2) is 0 Å². The predicted molar refractivity (Wildman–Crippen MR) is 345 cm³/mol. The molecule has 2 heteroatoms. The minimum absolute atomic E-state index is 0.176. The van der Waals surface area contributed by atoms with Gasteiger partial charge >= 0.3 is 0 Å². The molecule has 0 bridgehead atoms. The highest BCUT2D eigenvalue weighted by Crippen LogP contribution is 2.67. The number of hydrogen-bond acceptors (Lipinski definition) is 2. The maximum Gasteiger partial charge on any atom is 0.0727 e. The molecule has 0 saturated heterocycles. The molecular weight excluding hydrogens is 989 g/mol. The Kier molecular flexibility index (Phi) is 11.7. The van der Waals surface area contributed by atoms with Crippen molar-refractivity contribution in [2.24, 2.45) is 0 Å². The van der Waals surface area contributed by atoms with Crippen LogP contribution in [0.2, 0.25) is 0 Å². The van der Waals surface area contributed by atoms with E-state index >= 15 is 0 Å². The Labute approximate surface area is 482 Å². The molecule has 1 unspecified atom stereocenters. The lowest BCUT2D eigenvalue weighted by Crippen LogP contribution is -2.26. The van der Waals surface area contributed by atoms with Gasteiger partial charge in [0.25, 0.3) is 0 Å². The van der Waals surface area contributed by atoms with Gasteiger partial charge in [-0.05, 0) is 150 Å². The van der Waals surface area contributed by atoms with Crippen molar-refractivity contribution in [2.45, 2.75) is 51.4 Å². The van der Waals surface area contributed by atoms with E-state index in [-0.39, 0.29) is 5.41 Å².